The number of rotatable bonds is 5. The normalized spacial score (nSPS) is 12.6. The summed E-state index contributed by atoms with van der Waals surface area (Å²) in [6, 6.07) is 9.88. The lowest BCUT2D eigenvalue weighted by atomic mass is 10.2. The van der Waals surface area contributed by atoms with Crippen molar-refractivity contribution in [2.45, 2.75) is 24.2 Å². The van der Waals surface area contributed by atoms with Crippen LogP contribution in [0.4, 0.5) is 0 Å². The van der Waals surface area contributed by atoms with Crippen LogP contribution in [0, 0.1) is 6.92 Å². The molecule has 23 heavy (non-hydrogen) atoms. The van der Waals surface area contributed by atoms with Crippen LogP contribution in [-0.4, -0.2) is 30.0 Å². The van der Waals surface area contributed by atoms with Gasteiger partial charge in [-0.3, -0.25) is 0 Å². The van der Waals surface area contributed by atoms with Gasteiger partial charge in [-0.15, -0.1) is 0 Å². The van der Waals surface area contributed by atoms with E-state index in [0.29, 0.717) is 0 Å². The monoisotopic (exact) mass is 336 g/mol. The van der Waals surface area contributed by atoms with Crippen LogP contribution in [-0.2, 0) is 9.84 Å². The molecule has 0 aromatic heterocycles. The molecule has 0 fully saturated rings. The topological polar surface area (TPSA) is 101 Å². The molecule has 122 valence electrons. The van der Waals surface area contributed by atoms with E-state index in [1.807, 2.05) is 6.92 Å². The van der Waals surface area contributed by atoms with E-state index in [4.69, 9.17) is 9.84 Å². The van der Waals surface area contributed by atoms with Gasteiger partial charge < -0.3 is 14.9 Å². The molecule has 7 heteroatoms. The Hall–Kier alpha value is -2.54. The lowest BCUT2D eigenvalue weighted by Crippen LogP contribution is -2.24. The maximum atomic E-state index is 12.4. The number of benzene rings is 2. The fraction of sp³-hybridized carbons (Fsp3) is 0.188. The maximum Gasteiger partial charge on any atom is 0.339 e. The largest absolute Gasteiger partial charge is 0.507 e. The summed E-state index contributed by atoms with van der Waals surface area (Å²) in [6.07, 6.45) is 0. The zero-order valence-corrected chi connectivity index (χ0v) is 13.4. The molecule has 0 bridgehead atoms. The number of aromatic carboxylic acids is 1. The lowest BCUT2D eigenvalue weighted by molar-refractivity contribution is 0.0693. The molecular formula is C16H16O6S. The summed E-state index contributed by atoms with van der Waals surface area (Å²) in [4.78, 5) is 11.1. The lowest BCUT2D eigenvalue weighted by Gasteiger charge is -2.16. The average molecular weight is 336 g/mol. The molecule has 0 spiro atoms. The first-order valence-corrected chi connectivity index (χ1v) is 8.30. The number of aromatic hydroxyl groups is 1. The molecule has 1 atom stereocenters. The van der Waals surface area contributed by atoms with Gasteiger partial charge in [0.15, 0.2) is 0 Å². The van der Waals surface area contributed by atoms with Crippen molar-refractivity contribution in [3.63, 3.8) is 0 Å². The third-order valence-corrected chi connectivity index (χ3v) is 5.19. The van der Waals surface area contributed by atoms with Crippen molar-refractivity contribution in [3.8, 4) is 11.5 Å². The third-order valence-electron chi connectivity index (χ3n) is 3.29. The number of carboxylic acid groups (broad SMARTS) is 1. The fourth-order valence-corrected chi connectivity index (χ4v) is 3.07. The van der Waals surface area contributed by atoms with Gasteiger partial charge in [0.05, 0.1) is 4.90 Å². The Morgan fingerprint density at radius 2 is 1.74 bits per heavy atom. The zero-order chi connectivity index (χ0) is 17.2. The summed E-state index contributed by atoms with van der Waals surface area (Å²) in [5.41, 5.74) is -0.638. The van der Waals surface area contributed by atoms with Crippen LogP contribution in [0.25, 0.3) is 0 Å². The molecule has 0 radical (unpaired) electrons. The van der Waals surface area contributed by atoms with Gasteiger partial charge in [0.25, 0.3) is 0 Å². The van der Waals surface area contributed by atoms with E-state index in [1.165, 1.54) is 25.1 Å². The Kier molecular flexibility index (Phi) is 4.60. The average Bonchev–Trinajstić information content (AvgIpc) is 2.49. The van der Waals surface area contributed by atoms with E-state index in [1.54, 1.807) is 12.1 Å². The molecule has 0 amide bonds. The highest BCUT2D eigenvalue weighted by atomic mass is 32.2. The van der Waals surface area contributed by atoms with E-state index in [-0.39, 0.29) is 16.2 Å². The van der Waals surface area contributed by atoms with Crippen LogP contribution in [0.3, 0.4) is 0 Å². The number of hydrogen-bond donors (Lipinski definition) is 2. The molecule has 0 aliphatic rings. The van der Waals surface area contributed by atoms with E-state index >= 15 is 0 Å². The van der Waals surface area contributed by atoms with Gasteiger partial charge >= 0.3 is 5.97 Å². The van der Waals surface area contributed by atoms with Crippen LogP contribution in [0.1, 0.15) is 22.8 Å². The highest BCUT2D eigenvalue weighted by Gasteiger charge is 2.25. The SMILES string of the molecule is Cc1ccc(S(=O)(=O)C(C)Oc2ccc(O)c(C(=O)O)c2)cc1. The van der Waals surface area contributed by atoms with Crippen molar-refractivity contribution < 1.29 is 28.2 Å². The van der Waals surface area contributed by atoms with Gasteiger partial charge in [-0.05, 0) is 44.2 Å². The zero-order valence-electron chi connectivity index (χ0n) is 12.6. The number of carboxylic acids is 1. The van der Waals surface area contributed by atoms with Crippen molar-refractivity contribution in [2.75, 3.05) is 0 Å². The summed E-state index contributed by atoms with van der Waals surface area (Å²) in [6.45, 7) is 3.21. The van der Waals surface area contributed by atoms with Gasteiger partial charge in [-0.25, -0.2) is 13.2 Å². The van der Waals surface area contributed by atoms with Crippen LogP contribution in [0.15, 0.2) is 47.4 Å². The second kappa shape index (κ2) is 6.29. The summed E-state index contributed by atoms with van der Waals surface area (Å²) < 4.78 is 30.2. The molecule has 0 saturated heterocycles. The molecule has 6 nitrogen and oxygen atoms in total. The Morgan fingerprint density at radius 1 is 1.13 bits per heavy atom. The van der Waals surface area contributed by atoms with Crippen molar-refractivity contribution >= 4 is 15.8 Å². The van der Waals surface area contributed by atoms with Gasteiger partial charge in [0.1, 0.15) is 17.1 Å². The van der Waals surface area contributed by atoms with Crippen molar-refractivity contribution in [1.29, 1.82) is 0 Å². The Labute approximate surface area is 133 Å². The van der Waals surface area contributed by atoms with Crippen LogP contribution in [0.5, 0.6) is 11.5 Å². The number of aryl methyl sites for hydroxylation is 1. The predicted molar refractivity (Wildman–Crippen MR) is 83.5 cm³/mol. The van der Waals surface area contributed by atoms with Crippen LogP contribution < -0.4 is 4.74 Å². The minimum absolute atomic E-state index is 0.0448. The number of ether oxygens (including phenoxy) is 1. The Balaban J connectivity index is 2.28. The second-order valence-corrected chi connectivity index (χ2v) is 7.25. The van der Waals surface area contributed by atoms with Gasteiger partial charge in [0, 0.05) is 0 Å². The number of hydrogen-bond acceptors (Lipinski definition) is 5. The maximum absolute atomic E-state index is 12.4. The summed E-state index contributed by atoms with van der Waals surface area (Å²) in [5.74, 6) is -1.70. The molecular weight excluding hydrogens is 320 g/mol. The number of sulfone groups is 1. The molecule has 2 aromatic carbocycles. The summed E-state index contributed by atoms with van der Waals surface area (Å²) >= 11 is 0. The first kappa shape index (κ1) is 16.8. The minimum atomic E-state index is -3.73. The summed E-state index contributed by atoms with van der Waals surface area (Å²) in [5, 5.41) is 18.4. The molecule has 0 saturated carbocycles. The smallest absolute Gasteiger partial charge is 0.339 e. The Bertz CT molecular complexity index is 824. The highest BCUT2D eigenvalue weighted by molar-refractivity contribution is 7.91. The van der Waals surface area contributed by atoms with E-state index in [0.717, 1.165) is 17.7 Å². The third kappa shape index (κ3) is 3.62. The molecule has 2 rings (SSSR count). The van der Waals surface area contributed by atoms with E-state index in [2.05, 4.69) is 0 Å². The standard InChI is InChI=1S/C16H16O6S/c1-10-3-6-13(7-4-10)23(20,21)11(2)22-12-5-8-15(17)14(9-12)16(18)19/h3-9,11,17H,1-2H3,(H,18,19). The molecule has 0 aliphatic carbocycles. The van der Waals surface area contributed by atoms with E-state index < -0.39 is 27.0 Å². The van der Waals surface area contributed by atoms with Crippen LogP contribution >= 0.6 is 0 Å². The fourth-order valence-electron chi connectivity index (χ4n) is 1.93. The van der Waals surface area contributed by atoms with Gasteiger partial charge in [0.2, 0.25) is 15.3 Å². The molecule has 2 aromatic rings. The first-order chi connectivity index (χ1) is 10.7. The minimum Gasteiger partial charge on any atom is -0.507 e. The Morgan fingerprint density at radius 3 is 2.30 bits per heavy atom. The molecule has 0 heterocycles. The highest BCUT2D eigenvalue weighted by Crippen LogP contribution is 2.26. The first-order valence-electron chi connectivity index (χ1n) is 6.75. The summed E-state index contributed by atoms with van der Waals surface area (Å²) in [7, 11) is -3.73. The van der Waals surface area contributed by atoms with Crippen molar-refractivity contribution in [1.82, 2.24) is 0 Å². The predicted octanol–water partition coefficient (Wildman–Crippen LogP) is 2.60. The second-order valence-electron chi connectivity index (χ2n) is 5.03. The van der Waals surface area contributed by atoms with E-state index in [9.17, 15) is 18.3 Å². The van der Waals surface area contributed by atoms with Crippen LogP contribution in [0.2, 0.25) is 0 Å². The number of carbonyl (C=O) groups is 1. The molecule has 1 unspecified atom stereocenters. The van der Waals surface area contributed by atoms with Gasteiger partial charge in [-0.2, -0.15) is 0 Å². The van der Waals surface area contributed by atoms with Crippen molar-refractivity contribution in [2.24, 2.45) is 0 Å². The van der Waals surface area contributed by atoms with Crippen molar-refractivity contribution in [3.05, 3.63) is 53.6 Å². The molecule has 0 aliphatic heterocycles. The quantitative estimate of drug-likeness (QED) is 0.870. The molecule has 2 N–H and O–H groups in total. The number of phenols is 1. The van der Waals surface area contributed by atoms with Gasteiger partial charge in [-0.1, -0.05) is 17.7 Å².